The molecule has 0 amide bonds. The van der Waals surface area contributed by atoms with E-state index in [1.54, 1.807) is 0 Å². The van der Waals surface area contributed by atoms with E-state index in [0.717, 1.165) is 19.3 Å². The highest BCUT2D eigenvalue weighted by molar-refractivity contribution is 5.92. The van der Waals surface area contributed by atoms with Crippen LogP contribution in [0.3, 0.4) is 0 Å². The van der Waals surface area contributed by atoms with Crippen LogP contribution in [0.4, 0.5) is 0 Å². The molecule has 5 atom stereocenters. The van der Waals surface area contributed by atoms with Gasteiger partial charge in [0.1, 0.15) is 11.9 Å². The van der Waals surface area contributed by atoms with Gasteiger partial charge in [0.15, 0.2) is 0 Å². The number of ether oxygens (including phenoxy) is 1. The summed E-state index contributed by atoms with van der Waals surface area (Å²) in [6.07, 6.45) is 3.27. The lowest BCUT2D eigenvalue weighted by atomic mass is 9.70. The summed E-state index contributed by atoms with van der Waals surface area (Å²) in [5.41, 5.74) is 0.309. The molecule has 1 aliphatic heterocycles. The molecule has 3 aliphatic rings. The van der Waals surface area contributed by atoms with E-state index >= 15 is 0 Å². The molecule has 0 aromatic heterocycles. The van der Waals surface area contributed by atoms with Gasteiger partial charge in [-0.1, -0.05) is 20.4 Å². The van der Waals surface area contributed by atoms with E-state index in [1.165, 1.54) is 0 Å². The fourth-order valence-corrected chi connectivity index (χ4v) is 4.40. The second-order valence-corrected chi connectivity index (χ2v) is 6.48. The van der Waals surface area contributed by atoms with Crippen molar-refractivity contribution < 1.29 is 14.3 Å². The van der Waals surface area contributed by atoms with Crippen LogP contribution >= 0.6 is 0 Å². The van der Waals surface area contributed by atoms with E-state index < -0.39 is 0 Å². The molecule has 1 saturated heterocycles. The minimum absolute atomic E-state index is 0.0461. The van der Waals surface area contributed by atoms with E-state index in [0.29, 0.717) is 29.6 Å². The predicted molar refractivity (Wildman–Crippen MR) is 66.7 cm³/mol. The molecule has 3 rings (SSSR count). The van der Waals surface area contributed by atoms with Gasteiger partial charge < -0.3 is 4.74 Å². The number of hydrogen-bond donors (Lipinski definition) is 0. The molecule has 1 unspecified atom stereocenters. The van der Waals surface area contributed by atoms with Crippen molar-refractivity contribution in [3.05, 3.63) is 12.2 Å². The minimum Gasteiger partial charge on any atom is -0.458 e. The molecule has 2 aliphatic carbocycles. The summed E-state index contributed by atoms with van der Waals surface area (Å²) >= 11 is 0. The number of esters is 1. The first-order valence-electron chi connectivity index (χ1n) is 6.86. The quantitative estimate of drug-likeness (QED) is 0.488. The summed E-state index contributed by atoms with van der Waals surface area (Å²) in [4.78, 5) is 23.9. The number of hydrogen-bond acceptors (Lipinski definition) is 3. The van der Waals surface area contributed by atoms with Gasteiger partial charge in [-0.3, -0.25) is 4.79 Å². The van der Waals surface area contributed by atoms with Crippen LogP contribution in [0.1, 0.15) is 39.5 Å². The average molecular weight is 248 g/mol. The molecule has 0 aromatic carbocycles. The Kier molecular flexibility index (Phi) is 2.45. The molecule has 3 heteroatoms. The van der Waals surface area contributed by atoms with Crippen LogP contribution in [-0.2, 0) is 14.3 Å². The number of ketones is 1. The molecule has 0 radical (unpaired) electrons. The van der Waals surface area contributed by atoms with Crippen LogP contribution in [-0.4, -0.2) is 17.9 Å². The van der Waals surface area contributed by atoms with E-state index in [2.05, 4.69) is 20.4 Å². The summed E-state index contributed by atoms with van der Waals surface area (Å²) in [6, 6.07) is 0. The number of fused-ring (bicyclic) bond motifs is 2. The Bertz CT molecular complexity index is 439. The van der Waals surface area contributed by atoms with Crippen molar-refractivity contribution in [3.8, 4) is 0 Å². The summed E-state index contributed by atoms with van der Waals surface area (Å²) < 4.78 is 5.42. The lowest BCUT2D eigenvalue weighted by molar-refractivity contribution is -0.139. The zero-order chi connectivity index (χ0) is 13.1. The summed E-state index contributed by atoms with van der Waals surface area (Å²) in [5.74, 6) is 1.05. The SMILES string of the molecule is C=C1C(=O)O[C@H]2C[C@@H](C)C3CCC(=O)[C@]3(C)C[C@@H]12. The number of carbonyl (C=O) groups excluding carboxylic acids is 2. The first kappa shape index (κ1) is 11.9. The van der Waals surface area contributed by atoms with Gasteiger partial charge in [-0.2, -0.15) is 0 Å². The maximum absolute atomic E-state index is 12.2. The lowest BCUT2D eigenvalue weighted by Crippen LogP contribution is -2.32. The molecule has 0 N–H and O–H groups in total. The first-order chi connectivity index (χ1) is 8.43. The molecule has 3 fully saturated rings. The summed E-state index contributed by atoms with van der Waals surface area (Å²) in [6.45, 7) is 8.15. The van der Waals surface area contributed by atoms with Gasteiger partial charge in [0.25, 0.3) is 0 Å². The molecular formula is C15H20O3. The van der Waals surface area contributed by atoms with Gasteiger partial charge in [0.2, 0.25) is 0 Å². The standard InChI is InChI=1S/C15H20O3/c1-8-6-12-10(9(2)14(17)18-12)7-15(3)11(8)4-5-13(15)16/h8,10-12H,2,4-7H2,1,3H3/t8-,10+,11?,12+,15-/m1/s1. The summed E-state index contributed by atoms with van der Waals surface area (Å²) in [7, 11) is 0. The van der Waals surface area contributed by atoms with Gasteiger partial charge in [-0.25, -0.2) is 4.79 Å². The van der Waals surface area contributed by atoms with Gasteiger partial charge in [-0.15, -0.1) is 0 Å². The van der Waals surface area contributed by atoms with Crippen LogP contribution in [0.25, 0.3) is 0 Å². The largest absolute Gasteiger partial charge is 0.458 e. The van der Waals surface area contributed by atoms with Gasteiger partial charge in [0, 0.05) is 23.3 Å². The van der Waals surface area contributed by atoms with E-state index in [4.69, 9.17) is 4.74 Å². The second kappa shape index (κ2) is 3.69. The Morgan fingerprint density at radius 3 is 2.83 bits per heavy atom. The Balaban J connectivity index is 1.98. The van der Waals surface area contributed by atoms with E-state index in [9.17, 15) is 9.59 Å². The van der Waals surface area contributed by atoms with Gasteiger partial charge in [-0.05, 0) is 31.1 Å². The maximum atomic E-state index is 12.2. The highest BCUT2D eigenvalue weighted by Gasteiger charge is 2.55. The van der Waals surface area contributed by atoms with Crippen molar-refractivity contribution in [2.75, 3.05) is 0 Å². The third-order valence-electron chi connectivity index (χ3n) is 5.49. The van der Waals surface area contributed by atoms with Crippen LogP contribution in [0.2, 0.25) is 0 Å². The molecule has 98 valence electrons. The maximum Gasteiger partial charge on any atom is 0.334 e. The molecule has 2 saturated carbocycles. The highest BCUT2D eigenvalue weighted by Crippen LogP contribution is 2.55. The molecule has 0 spiro atoms. The monoisotopic (exact) mass is 248 g/mol. The highest BCUT2D eigenvalue weighted by atomic mass is 16.6. The normalized spacial score (nSPS) is 47.6. The molecule has 18 heavy (non-hydrogen) atoms. The fourth-order valence-electron chi connectivity index (χ4n) is 4.40. The molecule has 3 nitrogen and oxygen atoms in total. The van der Waals surface area contributed by atoms with Gasteiger partial charge in [0.05, 0.1) is 0 Å². The Labute approximate surface area is 108 Å². The molecule has 0 aromatic rings. The lowest BCUT2D eigenvalue weighted by Gasteiger charge is -2.32. The molecule has 0 bridgehead atoms. The smallest absolute Gasteiger partial charge is 0.334 e. The third kappa shape index (κ3) is 1.42. The average Bonchev–Trinajstić information content (AvgIpc) is 2.69. The summed E-state index contributed by atoms with van der Waals surface area (Å²) in [5, 5.41) is 0. The Morgan fingerprint density at radius 1 is 1.39 bits per heavy atom. The second-order valence-electron chi connectivity index (χ2n) is 6.48. The van der Waals surface area contributed by atoms with Crippen LogP contribution in [0.15, 0.2) is 12.2 Å². The number of rotatable bonds is 0. The van der Waals surface area contributed by atoms with Crippen molar-refractivity contribution >= 4 is 11.8 Å². The molecular weight excluding hydrogens is 228 g/mol. The van der Waals surface area contributed by atoms with Crippen LogP contribution in [0, 0.1) is 23.2 Å². The first-order valence-corrected chi connectivity index (χ1v) is 6.86. The fraction of sp³-hybridized carbons (Fsp3) is 0.733. The zero-order valence-electron chi connectivity index (χ0n) is 11.1. The Morgan fingerprint density at radius 2 is 2.11 bits per heavy atom. The van der Waals surface area contributed by atoms with Crippen molar-refractivity contribution in [2.45, 2.75) is 45.6 Å². The van der Waals surface area contributed by atoms with E-state index in [1.807, 2.05) is 0 Å². The molecule has 1 heterocycles. The Hall–Kier alpha value is -1.12. The minimum atomic E-state index is -0.268. The van der Waals surface area contributed by atoms with Crippen LogP contribution < -0.4 is 0 Å². The predicted octanol–water partition coefficient (Wildman–Crippen LogP) is 2.50. The van der Waals surface area contributed by atoms with Crippen molar-refractivity contribution in [1.29, 1.82) is 0 Å². The van der Waals surface area contributed by atoms with Crippen molar-refractivity contribution in [1.82, 2.24) is 0 Å². The van der Waals surface area contributed by atoms with Crippen molar-refractivity contribution in [3.63, 3.8) is 0 Å². The van der Waals surface area contributed by atoms with Gasteiger partial charge >= 0.3 is 5.97 Å². The van der Waals surface area contributed by atoms with E-state index in [-0.39, 0.29) is 23.4 Å². The third-order valence-corrected chi connectivity index (χ3v) is 5.49. The zero-order valence-corrected chi connectivity index (χ0v) is 11.1. The number of Topliss-reactive ketones (excluding diaryl/α,β-unsaturated/α-hetero) is 1. The topological polar surface area (TPSA) is 43.4 Å². The number of carbonyl (C=O) groups is 2. The van der Waals surface area contributed by atoms with Crippen molar-refractivity contribution in [2.24, 2.45) is 23.2 Å². The van der Waals surface area contributed by atoms with Crippen LogP contribution in [0.5, 0.6) is 0 Å².